The molecule has 0 aromatic heterocycles. The molecule has 3 aliphatic heterocycles. The first-order valence-corrected chi connectivity index (χ1v) is 15.3. The fraction of sp³-hybridized carbons (Fsp3) is 0.656. The SMILES string of the molecule is Cc1cccc(NC(=O)[C@@H]2[C@@H]3C=C[C@]4(O3)[C@@H]2C(=O)N(C2CCCCCCC2)[C@H]4C(=O)N[C@@H]2CCCC[C@@H]2C)c1. The molecule has 39 heavy (non-hydrogen) atoms. The van der Waals surface area contributed by atoms with Crippen molar-refractivity contribution in [1.82, 2.24) is 10.2 Å². The molecule has 1 spiro atoms. The van der Waals surface area contributed by atoms with Crippen LogP contribution in [0.1, 0.15) is 83.1 Å². The number of hydrogen-bond acceptors (Lipinski definition) is 4. The Morgan fingerprint density at radius 2 is 1.69 bits per heavy atom. The first-order chi connectivity index (χ1) is 18.9. The van der Waals surface area contributed by atoms with Gasteiger partial charge >= 0.3 is 0 Å². The predicted molar refractivity (Wildman–Crippen MR) is 150 cm³/mol. The Morgan fingerprint density at radius 3 is 2.44 bits per heavy atom. The molecular weight excluding hydrogens is 490 g/mol. The van der Waals surface area contributed by atoms with Crippen molar-refractivity contribution in [2.45, 2.75) is 114 Å². The Hall–Kier alpha value is -2.67. The van der Waals surface area contributed by atoms with Crippen molar-refractivity contribution >= 4 is 23.4 Å². The van der Waals surface area contributed by atoms with Gasteiger partial charge in [-0.05, 0) is 56.2 Å². The van der Waals surface area contributed by atoms with Crippen molar-refractivity contribution in [2.75, 3.05) is 5.32 Å². The summed E-state index contributed by atoms with van der Waals surface area (Å²) >= 11 is 0. The molecule has 2 saturated heterocycles. The van der Waals surface area contributed by atoms with Crippen LogP contribution in [-0.4, -0.2) is 52.5 Å². The molecule has 2 saturated carbocycles. The molecule has 3 amide bonds. The second-order valence-electron chi connectivity index (χ2n) is 12.7. The van der Waals surface area contributed by atoms with E-state index in [0.29, 0.717) is 11.6 Å². The molecule has 2 N–H and O–H groups in total. The van der Waals surface area contributed by atoms with Crippen molar-refractivity contribution in [3.05, 3.63) is 42.0 Å². The fourth-order valence-corrected chi connectivity index (χ4v) is 8.05. The van der Waals surface area contributed by atoms with Gasteiger partial charge in [-0.2, -0.15) is 0 Å². The van der Waals surface area contributed by atoms with Gasteiger partial charge < -0.3 is 20.3 Å². The summed E-state index contributed by atoms with van der Waals surface area (Å²) in [7, 11) is 0. The Labute approximate surface area is 232 Å². The van der Waals surface area contributed by atoms with E-state index in [1.165, 1.54) is 12.8 Å². The van der Waals surface area contributed by atoms with E-state index in [1.807, 2.05) is 48.2 Å². The Balaban J connectivity index is 1.33. The van der Waals surface area contributed by atoms with E-state index < -0.39 is 29.6 Å². The first kappa shape index (κ1) is 26.5. The van der Waals surface area contributed by atoms with Crippen molar-refractivity contribution in [3.8, 4) is 0 Å². The Morgan fingerprint density at radius 1 is 0.974 bits per heavy atom. The zero-order valence-electron chi connectivity index (χ0n) is 23.4. The van der Waals surface area contributed by atoms with Crippen LogP contribution in [0.2, 0.25) is 0 Å². The van der Waals surface area contributed by atoms with Gasteiger partial charge in [-0.15, -0.1) is 0 Å². The van der Waals surface area contributed by atoms with Gasteiger partial charge in [-0.1, -0.05) is 76.2 Å². The summed E-state index contributed by atoms with van der Waals surface area (Å²) in [5.74, 6) is -1.36. The molecular formula is C32H43N3O4. The number of amides is 3. The molecule has 1 aromatic carbocycles. The van der Waals surface area contributed by atoms with Crippen LogP contribution in [0.25, 0.3) is 0 Å². The van der Waals surface area contributed by atoms with E-state index in [4.69, 9.17) is 4.74 Å². The topological polar surface area (TPSA) is 87.7 Å². The number of nitrogens with one attached hydrogen (secondary N) is 2. The molecule has 2 aliphatic carbocycles. The number of carbonyl (C=O) groups is 3. The van der Waals surface area contributed by atoms with Crippen LogP contribution in [0.4, 0.5) is 5.69 Å². The van der Waals surface area contributed by atoms with Gasteiger partial charge in [-0.3, -0.25) is 14.4 Å². The second-order valence-corrected chi connectivity index (χ2v) is 12.7. The summed E-state index contributed by atoms with van der Waals surface area (Å²) in [5.41, 5.74) is 0.666. The van der Waals surface area contributed by atoms with Gasteiger partial charge in [0.1, 0.15) is 11.6 Å². The van der Waals surface area contributed by atoms with Crippen LogP contribution < -0.4 is 10.6 Å². The third kappa shape index (κ3) is 4.71. The molecule has 0 unspecified atom stereocenters. The number of benzene rings is 1. The highest BCUT2D eigenvalue weighted by atomic mass is 16.5. The lowest BCUT2D eigenvalue weighted by Gasteiger charge is -2.39. The van der Waals surface area contributed by atoms with Gasteiger partial charge in [0.2, 0.25) is 17.7 Å². The van der Waals surface area contributed by atoms with E-state index in [1.54, 1.807) is 0 Å². The number of anilines is 1. The number of ether oxygens (including phenoxy) is 1. The number of hydrogen-bond donors (Lipinski definition) is 2. The maximum atomic E-state index is 14.4. The zero-order chi connectivity index (χ0) is 27.1. The van der Waals surface area contributed by atoms with Gasteiger partial charge in [0.15, 0.2) is 0 Å². The summed E-state index contributed by atoms with van der Waals surface area (Å²) in [5, 5.41) is 6.40. The van der Waals surface area contributed by atoms with Gasteiger partial charge in [0.05, 0.1) is 17.9 Å². The summed E-state index contributed by atoms with van der Waals surface area (Å²) in [6.45, 7) is 4.19. The van der Waals surface area contributed by atoms with Crippen molar-refractivity contribution in [2.24, 2.45) is 17.8 Å². The van der Waals surface area contributed by atoms with E-state index >= 15 is 0 Å². The quantitative estimate of drug-likeness (QED) is 0.528. The average molecular weight is 534 g/mol. The van der Waals surface area contributed by atoms with Crippen LogP contribution in [0.3, 0.4) is 0 Å². The Bertz CT molecular complexity index is 1140. The molecule has 7 heteroatoms. The minimum Gasteiger partial charge on any atom is -0.359 e. The molecule has 6 rings (SSSR count). The number of rotatable bonds is 5. The number of carbonyl (C=O) groups excluding carboxylic acids is 3. The van der Waals surface area contributed by atoms with Crippen molar-refractivity contribution in [1.29, 1.82) is 0 Å². The highest BCUT2D eigenvalue weighted by Gasteiger charge is 2.73. The summed E-state index contributed by atoms with van der Waals surface area (Å²) < 4.78 is 6.58. The highest BCUT2D eigenvalue weighted by molar-refractivity contribution is 6.03. The van der Waals surface area contributed by atoms with E-state index in [2.05, 4.69) is 17.6 Å². The molecule has 5 aliphatic rings. The first-order valence-electron chi connectivity index (χ1n) is 15.3. The monoisotopic (exact) mass is 533 g/mol. The third-order valence-electron chi connectivity index (χ3n) is 10.1. The van der Waals surface area contributed by atoms with E-state index in [-0.39, 0.29) is 29.8 Å². The molecule has 1 aromatic rings. The predicted octanol–water partition coefficient (Wildman–Crippen LogP) is 4.89. The molecule has 0 radical (unpaired) electrons. The lowest BCUT2D eigenvalue weighted by atomic mass is 9.74. The zero-order valence-corrected chi connectivity index (χ0v) is 23.4. The van der Waals surface area contributed by atoms with E-state index in [9.17, 15) is 14.4 Å². The minimum atomic E-state index is -1.10. The van der Waals surface area contributed by atoms with Crippen molar-refractivity contribution in [3.63, 3.8) is 0 Å². The molecule has 210 valence electrons. The van der Waals surface area contributed by atoms with Gasteiger partial charge in [-0.25, -0.2) is 0 Å². The molecule has 7 atom stereocenters. The van der Waals surface area contributed by atoms with E-state index in [0.717, 1.165) is 63.4 Å². The summed E-state index contributed by atoms with van der Waals surface area (Å²) in [6.07, 6.45) is 15.2. The lowest BCUT2D eigenvalue weighted by molar-refractivity contribution is -0.144. The number of aryl methyl sites for hydroxylation is 1. The smallest absolute Gasteiger partial charge is 0.246 e. The number of likely N-dealkylation sites (tertiary alicyclic amines) is 1. The van der Waals surface area contributed by atoms with Crippen LogP contribution in [0.15, 0.2) is 36.4 Å². The number of fused-ring (bicyclic) bond motifs is 1. The summed E-state index contributed by atoms with van der Waals surface area (Å²) in [4.78, 5) is 44.2. The van der Waals surface area contributed by atoms with Crippen LogP contribution in [0.5, 0.6) is 0 Å². The van der Waals surface area contributed by atoms with Crippen LogP contribution >= 0.6 is 0 Å². The maximum Gasteiger partial charge on any atom is 0.246 e. The largest absolute Gasteiger partial charge is 0.359 e. The third-order valence-corrected chi connectivity index (χ3v) is 10.1. The molecule has 2 bridgehead atoms. The van der Waals surface area contributed by atoms with Gasteiger partial charge in [0, 0.05) is 17.8 Å². The summed E-state index contributed by atoms with van der Waals surface area (Å²) in [6, 6.07) is 7.05. The minimum absolute atomic E-state index is 0.00571. The maximum absolute atomic E-state index is 14.4. The number of nitrogens with zero attached hydrogens (tertiary/aromatic N) is 1. The lowest BCUT2D eigenvalue weighted by Crippen LogP contribution is -2.59. The molecule has 3 heterocycles. The van der Waals surface area contributed by atoms with Crippen molar-refractivity contribution < 1.29 is 19.1 Å². The normalized spacial score (nSPS) is 36.4. The standard InChI is InChI=1S/C32H43N3O4/c1-20-11-10-13-22(19-20)33-29(36)26-25-17-18-32(39-25)27(26)31(38)35(23-14-6-4-3-5-7-15-23)28(32)30(37)34-24-16-9-8-12-21(24)2/h10-11,13,17-19,21,23-28H,3-9,12,14-16H2,1-2H3,(H,33,36)(H,34,37)/t21-,24+,25-,26+,27-,28-,32-/m0/s1. The highest BCUT2D eigenvalue weighted by Crippen LogP contribution is 2.56. The van der Waals surface area contributed by atoms with Crippen LogP contribution in [-0.2, 0) is 19.1 Å². The average Bonchev–Trinajstić information content (AvgIpc) is 3.53. The molecule has 7 nitrogen and oxygen atoms in total. The molecule has 4 fully saturated rings. The van der Waals surface area contributed by atoms with Crippen LogP contribution in [0, 0.1) is 24.7 Å². The van der Waals surface area contributed by atoms with Gasteiger partial charge in [0.25, 0.3) is 0 Å². The second kappa shape index (κ2) is 10.7. The Kier molecular flexibility index (Phi) is 7.30. The fourth-order valence-electron chi connectivity index (χ4n) is 8.05.